The van der Waals surface area contributed by atoms with E-state index in [4.69, 9.17) is 5.73 Å². The number of hydrogen-bond acceptors (Lipinski definition) is 3. The Bertz CT molecular complexity index is 375. The molecule has 0 aliphatic carbocycles. The number of anilines is 2. The van der Waals surface area contributed by atoms with Gasteiger partial charge in [-0.15, -0.1) is 0 Å². The summed E-state index contributed by atoms with van der Waals surface area (Å²) in [5.74, 6) is 0.303. The maximum absolute atomic E-state index is 11.4. The van der Waals surface area contributed by atoms with Gasteiger partial charge < -0.3 is 16.0 Å². The smallest absolute Gasteiger partial charge is 0.222 e. The molecule has 1 aliphatic rings. The third kappa shape index (κ3) is 3.37. The molecule has 4 nitrogen and oxygen atoms in total. The number of carbonyl (C=O) groups excluding carboxylic acids is 1. The molecule has 1 aromatic rings. The molecule has 1 heterocycles. The molecule has 0 aromatic heterocycles. The molecule has 4 heteroatoms. The predicted molar refractivity (Wildman–Crippen MR) is 69.8 cm³/mol. The van der Waals surface area contributed by atoms with Crippen LogP contribution in [0.15, 0.2) is 24.3 Å². The van der Waals surface area contributed by atoms with Gasteiger partial charge in [0.05, 0.1) is 0 Å². The van der Waals surface area contributed by atoms with Crippen molar-refractivity contribution < 1.29 is 4.79 Å². The summed E-state index contributed by atoms with van der Waals surface area (Å²) >= 11 is 0. The van der Waals surface area contributed by atoms with Crippen molar-refractivity contribution >= 4 is 17.3 Å². The van der Waals surface area contributed by atoms with Crippen molar-refractivity contribution in [1.82, 2.24) is 4.90 Å². The van der Waals surface area contributed by atoms with Gasteiger partial charge in [0.2, 0.25) is 5.91 Å². The van der Waals surface area contributed by atoms with Gasteiger partial charge in [-0.2, -0.15) is 0 Å². The van der Waals surface area contributed by atoms with E-state index in [1.54, 1.807) is 0 Å². The van der Waals surface area contributed by atoms with Crippen LogP contribution in [0.1, 0.15) is 19.3 Å². The van der Waals surface area contributed by atoms with Crippen LogP contribution in [0.25, 0.3) is 0 Å². The first-order chi connectivity index (χ1) is 8.25. The third-order valence-corrected chi connectivity index (χ3v) is 3.02. The second-order valence-corrected chi connectivity index (χ2v) is 4.39. The number of nitrogen functional groups attached to an aromatic ring is 1. The summed E-state index contributed by atoms with van der Waals surface area (Å²) in [5, 5.41) is 3.32. The van der Waals surface area contributed by atoms with E-state index in [2.05, 4.69) is 5.32 Å². The number of hydrogen-bond donors (Lipinski definition) is 2. The van der Waals surface area contributed by atoms with Crippen molar-refractivity contribution in [3.8, 4) is 0 Å². The molecule has 0 atom stereocenters. The maximum Gasteiger partial charge on any atom is 0.222 e. The molecule has 0 bridgehead atoms. The highest BCUT2D eigenvalue weighted by Crippen LogP contribution is 2.12. The lowest BCUT2D eigenvalue weighted by Crippen LogP contribution is -2.26. The Hall–Kier alpha value is -1.71. The molecule has 92 valence electrons. The Labute approximate surface area is 102 Å². The Morgan fingerprint density at radius 2 is 2.06 bits per heavy atom. The van der Waals surface area contributed by atoms with Crippen LogP contribution in [-0.4, -0.2) is 30.4 Å². The van der Waals surface area contributed by atoms with E-state index < -0.39 is 0 Å². The number of carbonyl (C=O) groups is 1. The van der Waals surface area contributed by atoms with E-state index in [0.717, 1.165) is 50.3 Å². The summed E-state index contributed by atoms with van der Waals surface area (Å²) in [4.78, 5) is 13.3. The Kier molecular flexibility index (Phi) is 3.85. The van der Waals surface area contributed by atoms with Crippen LogP contribution >= 0.6 is 0 Å². The zero-order valence-corrected chi connectivity index (χ0v) is 9.98. The fourth-order valence-electron chi connectivity index (χ4n) is 2.04. The predicted octanol–water partition coefficient (Wildman–Crippen LogP) is 1.69. The van der Waals surface area contributed by atoms with E-state index >= 15 is 0 Å². The van der Waals surface area contributed by atoms with E-state index in [0.29, 0.717) is 5.91 Å². The highest BCUT2D eigenvalue weighted by molar-refractivity contribution is 5.78. The molecule has 0 radical (unpaired) electrons. The van der Waals surface area contributed by atoms with Crippen molar-refractivity contribution in [2.75, 3.05) is 30.7 Å². The van der Waals surface area contributed by atoms with Gasteiger partial charge in [-0.3, -0.25) is 4.79 Å². The lowest BCUT2D eigenvalue weighted by Gasteiger charge is -2.15. The molecule has 1 saturated heterocycles. The number of nitrogens with zero attached hydrogens (tertiary/aromatic N) is 1. The third-order valence-electron chi connectivity index (χ3n) is 3.02. The van der Waals surface area contributed by atoms with Gasteiger partial charge in [-0.05, 0) is 37.1 Å². The second kappa shape index (κ2) is 5.57. The summed E-state index contributed by atoms with van der Waals surface area (Å²) in [6, 6.07) is 7.70. The van der Waals surface area contributed by atoms with Gasteiger partial charge in [-0.25, -0.2) is 0 Å². The van der Waals surface area contributed by atoms with Crippen molar-refractivity contribution in [3.63, 3.8) is 0 Å². The quantitative estimate of drug-likeness (QED) is 0.601. The van der Waals surface area contributed by atoms with Gasteiger partial charge in [0.15, 0.2) is 0 Å². The Balaban J connectivity index is 1.66. The molecular weight excluding hydrogens is 214 g/mol. The van der Waals surface area contributed by atoms with E-state index in [1.807, 2.05) is 29.2 Å². The molecule has 0 unspecified atom stereocenters. The summed E-state index contributed by atoms with van der Waals surface area (Å²) < 4.78 is 0. The number of nitrogens with one attached hydrogen (secondary N) is 1. The van der Waals surface area contributed by atoms with Crippen LogP contribution in [0.4, 0.5) is 11.4 Å². The SMILES string of the molecule is Nc1ccc(NCCCN2CCCC2=O)cc1. The van der Waals surface area contributed by atoms with Crippen molar-refractivity contribution in [2.45, 2.75) is 19.3 Å². The van der Waals surface area contributed by atoms with Crippen molar-refractivity contribution in [3.05, 3.63) is 24.3 Å². The Morgan fingerprint density at radius 3 is 2.71 bits per heavy atom. The number of rotatable bonds is 5. The average molecular weight is 233 g/mol. The summed E-state index contributed by atoms with van der Waals surface area (Å²) in [7, 11) is 0. The van der Waals surface area contributed by atoms with E-state index in [9.17, 15) is 4.79 Å². The van der Waals surface area contributed by atoms with Crippen molar-refractivity contribution in [2.24, 2.45) is 0 Å². The molecule has 17 heavy (non-hydrogen) atoms. The van der Waals surface area contributed by atoms with E-state index in [1.165, 1.54) is 0 Å². The molecule has 3 N–H and O–H groups in total. The first kappa shape index (κ1) is 11.8. The van der Waals surface area contributed by atoms with Crippen LogP contribution in [0.5, 0.6) is 0 Å². The molecule has 1 fully saturated rings. The first-order valence-corrected chi connectivity index (χ1v) is 6.13. The van der Waals surface area contributed by atoms with Crippen LogP contribution in [0.2, 0.25) is 0 Å². The minimum absolute atomic E-state index is 0.303. The van der Waals surface area contributed by atoms with Gasteiger partial charge in [0.1, 0.15) is 0 Å². The molecule has 1 aromatic carbocycles. The maximum atomic E-state index is 11.4. The number of likely N-dealkylation sites (tertiary alicyclic amines) is 1. The number of nitrogens with two attached hydrogens (primary N) is 1. The molecule has 1 amide bonds. The zero-order valence-electron chi connectivity index (χ0n) is 9.98. The standard InChI is InChI=1S/C13H19N3O/c14-11-4-6-12(7-5-11)15-8-2-10-16-9-1-3-13(16)17/h4-7,15H,1-3,8-10,14H2. The highest BCUT2D eigenvalue weighted by Gasteiger charge is 2.18. The van der Waals surface area contributed by atoms with Gasteiger partial charge in [0, 0.05) is 37.4 Å². The zero-order chi connectivity index (χ0) is 12.1. The Morgan fingerprint density at radius 1 is 1.29 bits per heavy atom. The molecule has 1 aliphatic heterocycles. The van der Waals surface area contributed by atoms with Crippen LogP contribution in [0, 0.1) is 0 Å². The molecule has 2 rings (SSSR count). The number of amides is 1. The number of benzene rings is 1. The minimum Gasteiger partial charge on any atom is -0.399 e. The molecule has 0 spiro atoms. The second-order valence-electron chi connectivity index (χ2n) is 4.39. The summed E-state index contributed by atoms with van der Waals surface area (Å²) in [6.45, 7) is 2.68. The normalized spacial score (nSPS) is 15.3. The van der Waals surface area contributed by atoms with Gasteiger partial charge in [0.25, 0.3) is 0 Å². The monoisotopic (exact) mass is 233 g/mol. The van der Waals surface area contributed by atoms with Gasteiger partial charge >= 0.3 is 0 Å². The largest absolute Gasteiger partial charge is 0.399 e. The van der Waals surface area contributed by atoms with Gasteiger partial charge in [-0.1, -0.05) is 0 Å². The highest BCUT2D eigenvalue weighted by atomic mass is 16.2. The first-order valence-electron chi connectivity index (χ1n) is 6.13. The minimum atomic E-state index is 0.303. The van der Waals surface area contributed by atoms with Crippen LogP contribution < -0.4 is 11.1 Å². The van der Waals surface area contributed by atoms with Crippen LogP contribution in [0.3, 0.4) is 0 Å². The lowest BCUT2D eigenvalue weighted by atomic mass is 10.3. The summed E-state index contributed by atoms with van der Waals surface area (Å²) in [5.41, 5.74) is 7.46. The molecule has 0 saturated carbocycles. The molecular formula is C13H19N3O. The average Bonchev–Trinajstić information content (AvgIpc) is 2.73. The fraction of sp³-hybridized carbons (Fsp3) is 0.462. The topological polar surface area (TPSA) is 58.4 Å². The van der Waals surface area contributed by atoms with Crippen molar-refractivity contribution in [1.29, 1.82) is 0 Å². The lowest BCUT2D eigenvalue weighted by molar-refractivity contribution is -0.127. The fourth-order valence-corrected chi connectivity index (χ4v) is 2.04. The van der Waals surface area contributed by atoms with E-state index in [-0.39, 0.29) is 0 Å². The summed E-state index contributed by atoms with van der Waals surface area (Å²) in [6.07, 6.45) is 2.73. The van der Waals surface area contributed by atoms with Crippen LogP contribution in [-0.2, 0) is 4.79 Å².